The van der Waals surface area contributed by atoms with E-state index in [1.165, 1.54) is 0 Å². The van der Waals surface area contributed by atoms with Crippen LogP contribution in [-0.4, -0.2) is 16.2 Å². The van der Waals surface area contributed by atoms with Gasteiger partial charge in [0.15, 0.2) is 0 Å². The molecular formula is C13H18O3. The molecule has 0 saturated carbocycles. The largest absolute Gasteiger partial charge is 0.507 e. The maximum Gasteiger partial charge on any atom is 0.310 e. The van der Waals surface area contributed by atoms with E-state index in [-0.39, 0.29) is 5.75 Å². The zero-order chi connectivity index (χ0) is 12.3. The van der Waals surface area contributed by atoms with E-state index in [4.69, 9.17) is 5.11 Å². The van der Waals surface area contributed by atoms with E-state index >= 15 is 0 Å². The highest BCUT2D eigenvalue weighted by Crippen LogP contribution is 2.29. The molecule has 16 heavy (non-hydrogen) atoms. The Morgan fingerprint density at radius 1 is 1.31 bits per heavy atom. The number of hydrogen-bond donors (Lipinski definition) is 2. The lowest BCUT2D eigenvalue weighted by molar-refractivity contribution is -0.139. The van der Waals surface area contributed by atoms with Gasteiger partial charge in [-0.1, -0.05) is 25.5 Å². The van der Waals surface area contributed by atoms with Gasteiger partial charge in [0.25, 0.3) is 0 Å². The highest BCUT2D eigenvalue weighted by molar-refractivity contribution is 5.76. The molecule has 0 aliphatic carbocycles. The van der Waals surface area contributed by atoms with Crippen molar-refractivity contribution in [2.24, 2.45) is 0 Å². The number of carboxylic acids is 1. The maximum atomic E-state index is 11.1. The van der Waals surface area contributed by atoms with Gasteiger partial charge in [0.2, 0.25) is 0 Å². The highest BCUT2D eigenvalue weighted by atomic mass is 16.4. The van der Waals surface area contributed by atoms with Crippen LogP contribution in [0.5, 0.6) is 5.75 Å². The number of aryl methyl sites for hydroxylation is 2. The first kappa shape index (κ1) is 12.6. The van der Waals surface area contributed by atoms with Crippen LogP contribution in [0.2, 0.25) is 0 Å². The molecule has 0 bridgehead atoms. The van der Waals surface area contributed by atoms with Crippen molar-refractivity contribution in [3.05, 3.63) is 28.8 Å². The number of carbonyl (C=O) groups is 1. The molecule has 3 heteroatoms. The molecule has 0 spiro atoms. The third kappa shape index (κ3) is 2.54. The number of aromatic hydroxyl groups is 1. The van der Waals surface area contributed by atoms with Crippen molar-refractivity contribution < 1.29 is 15.0 Å². The Kier molecular flexibility index (Phi) is 3.93. The van der Waals surface area contributed by atoms with Crippen LogP contribution in [-0.2, 0) is 4.79 Å². The van der Waals surface area contributed by atoms with E-state index in [0.717, 1.165) is 23.1 Å². The second kappa shape index (κ2) is 5.01. The number of phenols is 1. The van der Waals surface area contributed by atoms with Gasteiger partial charge in [-0.25, -0.2) is 0 Å². The fraction of sp³-hybridized carbons (Fsp3) is 0.462. The zero-order valence-corrected chi connectivity index (χ0v) is 9.95. The highest BCUT2D eigenvalue weighted by Gasteiger charge is 2.20. The van der Waals surface area contributed by atoms with Crippen LogP contribution in [0.3, 0.4) is 0 Å². The predicted molar refractivity (Wildman–Crippen MR) is 62.9 cm³/mol. The van der Waals surface area contributed by atoms with Crippen molar-refractivity contribution in [2.45, 2.75) is 39.5 Å². The first-order chi connectivity index (χ1) is 7.47. The number of benzene rings is 1. The van der Waals surface area contributed by atoms with E-state index in [9.17, 15) is 9.90 Å². The summed E-state index contributed by atoms with van der Waals surface area (Å²) >= 11 is 0. The molecule has 1 aromatic carbocycles. The molecule has 0 amide bonds. The molecule has 0 heterocycles. The lowest BCUT2D eigenvalue weighted by atomic mass is 9.91. The van der Waals surface area contributed by atoms with Gasteiger partial charge in [0.05, 0.1) is 5.92 Å². The van der Waals surface area contributed by atoms with Gasteiger partial charge in [-0.2, -0.15) is 0 Å². The summed E-state index contributed by atoms with van der Waals surface area (Å²) in [6.07, 6.45) is 1.45. The van der Waals surface area contributed by atoms with E-state index in [2.05, 4.69) is 0 Å². The summed E-state index contributed by atoms with van der Waals surface area (Å²) in [5.74, 6) is -1.02. The van der Waals surface area contributed by atoms with Crippen LogP contribution >= 0.6 is 0 Å². The molecule has 88 valence electrons. The van der Waals surface area contributed by atoms with Crippen molar-refractivity contribution in [2.75, 3.05) is 0 Å². The minimum atomic E-state index is -0.800. The number of carboxylic acid groups (broad SMARTS) is 1. The summed E-state index contributed by atoms with van der Waals surface area (Å²) in [6.45, 7) is 5.55. The van der Waals surface area contributed by atoms with Crippen LogP contribution in [0.1, 0.15) is 42.4 Å². The molecule has 1 unspecified atom stereocenters. The van der Waals surface area contributed by atoms with Crippen molar-refractivity contribution in [1.82, 2.24) is 0 Å². The second-order valence-electron chi connectivity index (χ2n) is 4.18. The van der Waals surface area contributed by atoms with Gasteiger partial charge in [-0.3, -0.25) is 4.79 Å². The van der Waals surface area contributed by atoms with Crippen LogP contribution < -0.4 is 0 Å². The van der Waals surface area contributed by atoms with Crippen LogP contribution in [0.25, 0.3) is 0 Å². The Morgan fingerprint density at radius 3 is 2.19 bits per heavy atom. The first-order valence-corrected chi connectivity index (χ1v) is 5.50. The number of aliphatic carboxylic acids is 1. The maximum absolute atomic E-state index is 11.1. The van der Waals surface area contributed by atoms with Gasteiger partial charge in [-0.05, 0) is 37.0 Å². The molecule has 1 atom stereocenters. The van der Waals surface area contributed by atoms with E-state index < -0.39 is 11.9 Å². The smallest absolute Gasteiger partial charge is 0.310 e. The molecule has 0 aliphatic heterocycles. The SMILES string of the molecule is CCCC(C(=O)O)c1cc(C)c(O)c(C)c1. The number of hydrogen-bond acceptors (Lipinski definition) is 2. The second-order valence-corrected chi connectivity index (χ2v) is 4.18. The average Bonchev–Trinajstić information content (AvgIpc) is 2.21. The molecule has 0 aromatic heterocycles. The molecule has 0 aliphatic rings. The summed E-state index contributed by atoms with van der Waals surface area (Å²) in [5, 5.41) is 18.8. The summed E-state index contributed by atoms with van der Waals surface area (Å²) in [4.78, 5) is 11.1. The van der Waals surface area contributed by atoms with Crippen LogP contribution in [0, 0.1) is 13.8 Å². The average molecular weight is 222 g/mol. The Morgan fingerprint density at radius 2 is 1.81 bits per heavy atom. The Balaban J connectivity index is 3.15. The van der Waals surface area contributed by atoms with E-state index in [0.29, 0.717) is 6.42 Å². The molecular weight excluding hydrogens is 204 g/mol. The molecule has 3 nitrogen and oxygen atoms in total. The summed E-state index contributed by atoms with van der Waals surface area (Å²) in [7, 11) is 0. The van der Waals surface area contributed by atoms with Gasteiger partial charge in [0.1, 0.15) is 5.75 Å². The van der Waals surface area contributed by atoms with Gasteiger partial charge >= 0.3 is 5.97 Å². The summed E-state index contributed by atoms with van der Waals surface area (Å²) in [5.41, 5.74) is 2.25. The quantitative estimate of drug-likeness (QED) is 0.823. The monoisotopic (exact) mass is 222 g/mol. The third-order valence-corrected chi connectivity index (χ3v) is 2.79. The van der Waals surface area contributed by atoms with Crippen molar-refractivity contribution in [3.63, 3.8) is 0 Å². The number of rotatable bonds is 4. The Labute approximate surface area is 95.7 Å². The van der Waals surface area contributed by atoms with Crippen LogP contribution in [0.4, 0.5) is 0 Å². The third-order valence-electron chi connectivity index (χ3n) is 2.79. The Bertz CT molecular complexity index is 373. The number of phenolic OH excluding ortho intramolecular Hbond substituents is 1. The first-order valence-electron chi connectivity index (χ1n) is 5.50. The fourth-order valence-electron chi connectivity index (χ4n) is 1.91. The summed E-state index contributed by atoms with van der Waals surface area (Å²) < 4.78 is 0. The summed E-state index contributed by atoms with van der Waals surface area (Å²) in [6, 6.07) is 3.52. The lowest BCUT2D eigenvalue weighted by Crippen LogP contribution is -2.11. The fourth-order valence-corrected chi connectivity index (χ4v) is 1.91. The normalized spacial score (nSPS) is 12.4. The lowest BCUT2D eigenvalue weighted by Gasteiger charge is -2.14. The van der Waals surface area contributed by atoms with E-state index in [1.54, 1.807) is 26.0 Å². The minimum Gasteiger partial charge on any atom is -0.507 e. The molecule has 1 rings (SSSR count). The molecule has 2 N–H and O–H groups in total. The minimum absolute atomic E-state index is 0.254. The van der Waals surface area contributed by atoms with Crippen molar-refractivity contribution in [3.8, 4) is 5.75 Å². The van der Waals surface area contributed by atoms with Gasteiger partial charge in [-0.15, -0.1) is 0 Å². The van der Waals surface area contributed by atoms with E-state index in [1.807, 2.05) is 6.92 Å². The van der Waals surface area contributed by atoms with Crippen molar-refractivity contribution >= 4 is 5.97 Å². The molecule has 0 fully saturated rings. The van der Waals surface area contributed by atoms with Crippen molar-refractivity contribution in [1.29, 1.82) is 0 Å². The topological polar surface area (TPSA) is 57.5 Å². The van der Waals surface area contributed by atoms with Crippen LogP contribution in [0.15, 0.2) is 12.1 Å². The van der Waals surface area contributed by atoms with Gasteiger partial charge in [0, 0.05) is 0 Å². The molecule has 0 saturated heterocycles. The Hall–Kier alpha value is -1.51. The molecule has 1 aromatic rings. The zero-order valence-electron chi connectivity index (χ0n) is 9.95. The molecule has 0 radical (unpaired) electrons. The van der Waals surface area contributed by atoms with Gasteiger partial charge < -0.3 is 10.2 Å². The standard InChI is InChI=1S/C13H18O3/c1-4-5-11(13(15)16)10-6-8(2)12(14)9(3)7-10/h6-7,11,14H,4-5H2,1-3H3,(H,15,16). The predicted octanol–water partition coefficient (Wildman–Crippen LogP) is 2.98.